The number of piperazine rings is 3. The maximum atomic E-state index is 15.0. The van der Waals surface area contributed by atoms with Crippen LogP contribution in [0.3, 0.4) is 0 Å². The molecule has 7 nitrogen and oxygen atoms in total. The largest absolute Gasteiger partial charge is 0.333 e. The van der Waals surface area contributed by atoms with Crippen molar-refractivity contribution < 1.29 is 14.4 Å². The lowest BCUT2D eigenvalue weighted by Crippen LogP contribution is -2.94. The second kappa shape index (κ2) is 9.33. The Labute approximate surface area is 274 Å². The highest BCUT2D eigenvalue weighted by molar-refractivity contribution is 5.85. The van der Waals surface area contributed by atoms with Crippen LogP contribution in [0.25, 0.3) is 0 Å². The average molecular weight is 627 g/mol. The van der Waals surface area contributed by atoms with Gasteiger partial charge >= 0.3 is 0 Å². The van der Waals surface area contributed by atoms with Crippen molar-refractivity contribution >= 4 is 17.7 Å². The van der Waals surface area contributed by atoms with E-state index in [0.717, 1.165) is 38.5 Å². The Kier molecular flexibility index (Phi) is 5.52. The summed E-state index contributed by atoms with van der Waals surface area (Å²) in [5.41, 5.74) is 0. The summed E-state index contributed by atoms with van der Waals surface area (Å²) >= 11 is 0. The second-order valence-corrected chi connectivity index (χ2v) is 18.7. The highest BCUT2D eigenvalue weighted by Crippen LogP contribution is 2.64. The van der Waals surface area contributed by atoms with Gasteiger partial charge in [-0.05, 0) is 113 Å². The van der Waals surface area contributed by atoms with Gasteiger partial charge in [-0.2, -0.15) is 0 Å². The molecule has 0 radical (unpaired) electrons. The first-order chi connectivity index (χ1) is 22.6. The first kappa shape index (κ1) is 27.2. The van der Waals surface area contributed by atoms with E-state index in [-0.39, 0.29) is 72.1 Å². The van der Waals surface area contributed by atoms with Gasteiger partial charge in [0, 0.05) is 35.9 Å². The van der Waals surface area contributed by atoms with E-state index in [9.17, 15) is 14.4 Å². The number of rotatable bonds is 0. The third kappa shape index (κ3) is 3.04. The monoisotopic (exact) mass is 626 g/mol. The molecule has 0 spiro atoms. The number of amides is 3. The summed E-state index contributed by atoms with van der Waals surface area (Å²) in [7, 11) is 0. The van der Waals surface area contributed by atoms with Crippen molar-refractivity contribution in [2.45, 2.75) is 170 Å². The van der Waals surface area contributed by atoms with Gasteiger partial charge in [-0.3, -0.25) is 19.3 Å². The average Bonchev–Trinajstić information content (AvgIpc) is 3.10. The number of hydrogen-bond donors (Lipinski definition) is 0. The molecule has 0 aromatic rings. The molecule has 6 saturated carbocycles. The zero-order valence-corrected chi connectivity index (χ0v) is 27.6. The fraction of sp³-hybridized carbons (Fsp3) is 0.923. The minimum atomic E-state index is 0.217. The van der Waals surface area contributed by atoms with Crippen LogP contribution in [0.5, 0.6) is 0 Å². The number of nitrogens with zero attached hydrogens (tertiary/aromatic N) is 4. The Hall–Kier alpha value is -1.63. The minimum Gasteiger partial charge on any atom is -0.333 e. The molecule has 18 unspecified atom stereocenters. The lowest BCUT2D eigenvalue weighted by atomic mass is 9.51. The Morgan fingerprint density at radius 1 is 0.326 bits per heavy atom. The molecular weight excluding hydrogens is 572 g/mol. The molecule has 12 aliphatic rings. The van der Waals surface area contributed by atoms with Crippen LogP contribution in [-0.4, -0.2) is 91.7 Å². The molecule has 6 saturated heterocycles. The minimum absolute atomic E-state index is 0.217. The van der Waals surface area contributed by atoms with Gasteiger partial charge in [0.1, 0.15) is 0 Å². The predicted octanol–water partition coefficient (Wildman–Crippen LogP) is 4.82. The van der Waals surface area contributed by atoms with Crippen LogP contribution in [0.4, 0.5) is 0 Å². The predicted molar refractivity (Wildman–Crippen MR) is 171 cm³/mol. The van der Waals surface area contributed by atoms with Crippen molar-refractivity contribution in [2.24, 2.45) is 53.3 Å². The van der Waals surface area contributed by atoms with E-state index in [1.807, 2.05) is 0 Å². The normalized spacial score (nSPS) is 57.7. The summed E-state index contributed by atoms with van der Waals surface area (Å²) in [5.74, 6) is 5.52. The van der Waals surface area contributed by atoms with Crippen molar-refractivity contribution in [3.63, 3.8) is 0 Å². The molecule has 18 atom stereocenters. The van der Waals surface area contributed by atoms with Crippen LogP contribution >= 0.6 is 0 Å². The third-order valence-electron chi connectivity index (χ3n) is 17.8. The molecule has 0 bridgehead atoms. The van der Waals surface area contributed by atoms with Gasteiger partial charge < -0.3 is 14.7 Å². The summed E-state index contributed by atoms with van der Waals surface area (Å²) < 4.78 is 0. The van der Waals surface area contributed by atoms with Crippen molar-refractivity contribution in [1.29, 1.82) is 0 Å². The van der Waals surface area contributed by atoms with Crippen LogP contribution in [0, 0.1) is 53.3 Å². The molecule has 12 rings (SSSR count). The molecule has 7 heteroatoms. The number of carbonyl (C=O) groups is 3. The van der Waals surface area contributed by atoms with E-state index < -0.39 is 0 Å². The van der Waals surface area contributed by atoms with Crippen LogP contribution in [-0.2, 0) is 14.4 Å². The summed E-state index contributed by atoms with van der Waals surface area (Å²) in [6, 6.07) is 2.41. The summed E-state index contributed by atoms with van der Waals surface area (Å²) in [4.78, 5) is 55.6. The Morgan fingerprint density at radius 3 is 0.957 bits per heavy atom. The maximum absolute atomic E-state index is 15.0. The first-order valence-corrected chi connectivity index (χ1v) is 20.4. The highest BCUT2D eigenvalue weighted by atomic mass is 16.2. The van der Waals surface area contributed by atoms with Crippen LogP contribution in [0.1, 0.15) is 116 Å². The lowest BCUT2D eigenvalue weighted by Gasteiger charge is -2.79. The van der Waals surface area contributed by atoms with E-state index in [1.165, 1.54) is 77.0 Å². The molecule has 248 valence electrons. The van der Waals surface area contributed by atoms with Gasteiger partial charge in [0.2, 0.25) is 17.7 Å². The van der Waals surface area contributed by atoms with Gasteiger partial charge in [0.25, 0.3) is 0 Å². The van der Waals surface area contributed by atoms with Crippen molar-refractivity contribution in [3.05, 3.63) is 0 Å². The summed E-state index contributed by atoms with van der Waals surface area (Å²) in [6.45, 7) is 0. The van der Waals surface area contributed by atoms with E-state index in [4.69, 9.17) is 0 Å². The van der Waals surface area contributed by atoms with Crippen LogP contribution in [0.2, 0.25) is 0 Å². The van der Waals surface area contributed by atoms with Gasteiger partial charge in [-0.1, -0.05) is 38.5 Å². The van der Waals surface area contributed by atoms with E-state index in [1.54, 1.807) is 0 Å². The summed E-state index contributed by atoms with van der Waals surface area (Å²) in [6.07, 6.45) is 21.4. The van der Waals surface area contributed by atoms with Crippen molar-refractivity contribution in [1.82, 2.24) is 19.6 Å². The first-order valence-electron chi connectivity index (χ1n) is 20.4. The second-order valence-electron chi connectivity index (χ2n) is 18.7. The Balaban J connectivity index is 1.07. The molecule has 46 heavy (non-hydrogen) atoms. The van der Waals surface area contributed by atoms with E-state index in [2.05, 4.69) is 19.6 Å². The smallest absolute Gasteiger partial charge is 0.226 e. The van der Waals surface area contributed by atoms with Gasteiger partial charge in [0.05, 0.1) is 36.3 Å². The third-order valence-corrected chi connectivity index (χ3v) is 17.8. The van der Waals surface area contributed by atoms with Gasteiger partial charge in [-0.25, -0.2) is 0 Å². The highest BCUT2D eigenvalue weighted by Gasteiger charge is 2.75. The zero-order chi connectivity index (χ0) is 30.2. The molecule has 6 aliphatic heterocycles. The van der Waals surface area contributed by atoms with Crippen molar-refractivity contribution in [2.75, 3.05) is 0 Å². The molecule has 0 aromatic heterocycles. The molecule has 6 heterocycles. The topological polar surface area (TPSA) is 64.2 Å². The van der Waals surface area contributed by atoms with Gasteiger partial charge in [0.15, 0.2) is 0 Å². The molecule has 0 aromatic carbocycles. The fourth-order valence-corrected chi connectivity index (χ4v) is 16.8. The maximum Gasteiger partial charge on any atom is 0.226 e. The Bertz CT molecular complexity index is 1220. The molecular formula is C39H54N4O3. The molecule has 6 aliphatic carbocycles. The SMILES string of the molecule is O=C1C2CCCCC2C2CCC3C4C2N1C1CCC2C5CCCCC5C(=O)N5C6CCC7C8CCCCC8C(=O)N3C7C6N4C1C25. The molecule has 12 fully saturated rings. The Morgan fingerprint density at radius 2 is 0.630 bits per heavy atom. The summed E-state index contributed by atoms with van der Waals surface area (Å²) in [5, 5.41) is 0. The number of piperidine rings is 3. The lowest BCUT2D eigenvalue weighted by molar-refractivity contribution is -0.283. The van der Waals surface area contributed by atoms with Crippen LogP contribution < -0.4 is 0 Å². The standard InChI is InChI=1S/C39H54N4O3/c44-37-25-10-4-1-7-19(25)22-13-16-28-34-31(22)40(37)29-17-14-23-20-8-3-6-12-27(20)39(46)42-30-18-15-24-21-9-2-5-11-26(21)38(45)41(28)33(24)36(30)43(34)35(29)32(23)42/h19-36H,1-18H2. The van der Waals surface area contributed by atoms with Crippen molar-refractivity contribution in [3.8, 4) is 0 Å². The van der Waals surface area contributed by atoms with Crippen LogP contribution in [0.15, 0.2) is 0 Å². The molecule has 0 N–H and O–H groups in total. The number of carbonyl (C=O) groups excluding carboxylic acids is 3. The van der Waals surface area contributed by atoms with Gasteiger partial charge in [-0.15, -0.1) is 0 Å². The van der Waals surface area contributed by atoms with E-state index >= 15 is 0 Å². The fourth-order valence-electron chi connectivity index (χ4n) is 16.8. The molecule has 3 amide bonds. The number of hydrogen-bond acceptors (Lipinski definition) is 4. The zero-order valence-electron chi connectivity index (χ0n) is 27.6. The van der Waals surface area contributed by atoms with E-state index in [0.29, 0.717) is 53.2 Å². The number of fused-ring (bicyclic) bond motifs is 9. The quantitative estimate of drug-likeness (QED) is 0.387.